The first kappa shape index (κ1) is 15.3. The van der Waals surface area contributed by atoms with Gasteiger partial charge in [0.05, 0.1) is 19.0 Å². The third-order valence-corrected chi connectivity index (χ3v) is 5.32. The molecule has 0 bridgehead atoms. The van der Waals surface area contributed by atoms with E-state index in [2.05, 4.69) is 39.9 Å². The number of aromatic nitrogens is 1. The summed E-state index contributed by atoms with van der Waals surface area (Å²) in [6.07, 6.45) is 8.19. The summed E-state index contributed by atoms with van der Waals surface area (Å²) < 4.78 is 5.22. The largest absolute Gasteiger partial charge is 0.497 e. The number of hydrogen-bond acceptors (Lipinski definition) is 4. The number of ether oxygens (including phenoxy) is 1. The van der Waals surface area contributed by atoms with E-state index in [1.54, 1.807) is 7.11 Å². The average Bonchev–Trinajstić information content (AvgIpc) is 2.55. The number of pyridine rings is 1. The van der Waals surface area contributed by atoms with E-state index in [4.69, 9.17) is 4.74 Å². The van der Waals surface area contributed by atoms with Gasteiger partial charge in [0, 0.05) is 12.1 Å². The van der Waals surface area contributed by atoms with E-state index in [1.165, 1.54) is 37.7 Å². The van der Waals surface area contributed by atoms with Gasteiger partial charge < -0.3 is 15.4 Å². The number of nitrogens with one attached hydrogen (secondary N) is 2. The van der Waals surface area contributed by atoms with Gasteiger partial charge in [-0.25, -0.2) is 4.98 Å². The van der Waals surface area contributed by atoms with Crippen molar-refractivity contribution >= 4 is 11.5 Å². The fraction of sp³-hybridized carbons (Fsp3) is 0.450. The van der Waals surface area contributed by atoms with Crippen LogP contribution in [0.4, 0.5) is 11.5 Å². The highest BCUT2D eigenvalue weighted by atomic mass is 16.5. The van der Waals surface area contributed by atoms with Crippen LogP contribution < -0.4 is 15.4 Å². The van der Waals surface area contributed by atoms with E-state index in [0.717, 1.165) is 17.3 Å². The van der Waals surface area contributed by atoms with Crippen molar-refractivity contribution in [2.75, 3.05) is 17.7 Å². The lowest BCUT2D eigenvalue weighted by atomic mass is 9.76. The molecule has 4 nitrogen and oxygen atoms in total. The molecule has 24 heavy (non-hydrogen) atoms. The third kappa shape index (κ3) is 3.32. The van der Waals surface area contributed by atoms with Crippen molar-refractivity contribution in [2.24, 2.45) is 0 Å². The maximum Gasteiger partial charge on any atom is 0.126 e. The summed E-state index contributed by atoms with van der Waals surface area (Å²) in [6, 6.07) is 13.9. The SMILES string of the molecule is COc1ccc(C2CC(Nc3ccc(NC4CCC4)nc3)C2)cc1. The summed E-state index contributed by atoms with van der Waals surface area (Å²) in [5.41, 5.74) is 2.53. The summed E-state index contributed by atoms with van der Waals surface area (Å²) in [7, 11) is 1.71. The molecule has 0 atom stereocenters. The van der Waals surface area contributed by atoms with Gasteiger partial charge in [-0.05, 0) is 67.9 Å². The molecule has 4 heteroatoms. The van der Waals surface area contributed by atoms with Gasteiger partial charge in [-0.2, -0.15) is 0 Å². The molecule has 126 valence electrons. The van der Waals surface area contributed by atoms with Gasteiger partial charge in [0.2, 0.25) is 0 Å². The van der Waals surface area contributed by atoms with Crippen molar-refractivity contribution in [3.63, 3.8) is 0 Å². The maximum atomic E-state index is 5.22. The predicted molar refractivity (Wildman–Crippen MR) is 97.9 cm³/mol. The maximum absolute atomic E-state index is 5.22. The topological polar surface area (TPSA) is 46.2 Å². The summed E-state index contributed by atoms with van der Waals surface area (Å²) >= 11 is 0. The van der Waals surface area contributed by atoms with Crippen LogP contribution in [0.3, 0.4) is 0 Å². The van der Waals surface area contributed by atoms with Gasteiger partial charge >= 0.3 is 0 Å². The Morgan fingerprint density at radius 3 is 2.33 bits per heavy atom. The first-order valence-corrected chi connectivity index (χ1v) is 8.93. The monoisotopic (exact) mass is 323 g/mol. The number of anilines is 2. The molecule has 2 aromatic rings. The standard InChI is InChI=1S/C20H25N3O/c1-24-19-8-5-14(6-9-19)15-11-18(12-15)22-17-7-10-20(21-13-17)23-16-3-2-4-16/h5-10,13,15-16,18,22H,2-4,11-12H2,1H3,(H,21,23). The molecule has 0 radical (unpaired) electrons. The number of nitrogens with zero attached hydrogens (tertiary/aromatic N) is 1. The minimum Gasteiger partial charge on any atom is -0.497 e. The Hall–Kier alpha value is -2.23. The van der Waals surface area contributed by atoms with Crippen LogP contribution in [0.25, 0.3) is 0 Å². The zero-order valence-corrected chi connectivity index (χ0v) is 14.2. The van der Waals surface area contributed by atoms with Crippen molar-refractivity contribution < 1.29 is 4.74 Å². The predicted octanol–water partition coefficient (Wildman–Crippen LogP) is 4.41. The number of hydrogen-bond donors (Lipinski definition) is 2. The molecule has 2 aliphatic rings. The Morgan fingerprint density at radius 1 is 0.958 bits per heavy atom. The molecule has 0 spiro atoms. The third-order valence-electron chi connectivity index (χ3n) is 5.32. The number of benzene rings is 1. The van der Waals surface area contributed by atoms with Gasteiger partial charge in [0.25, 0.3) is 0 Å². The van der Waals surface area contributed by atoms with Crippen LogP contribution >= 0.6 is 0 Å². The highest BCUT2D eigenvalue weighted by Crippen LogP contribution is 2.39. The lowest BCUT2D eigenvalue weighted by Gasteiger charge is -2.37. The van der Waals surface area contributed by atoms with Gasteiger partial charge in [0.15, 0.2) is 0 Å². The molecule has 0 aliphatic heterocycles. The van der Waals surface area contributed by atoms with Crippen LogP contribution in [0.2, 0.25) is 0 Å². The molecule has 1 aromatic heterocycles. The average molecular weight is 323 g/mol. The molecule has 2 N–H and O–H groups in total. The summed E-state index contributed by atoms with van der Waals surface area (Å²) in [5.74, 6) is 2.57. The Kier molecular flexibility index (Phi) is 4.28. The fourth-order valence-electron chi connectivity index (χ4n) is 3.45. The zero-order chi connectivity index (χ0) is 16.4. The minimum atomic E-state index is 0.546. The van der Waals surface area contributed by atoms with Crippen LogP contribution in [0.15, 0.2) is 42.6 Å². The Morgan fingerprint density at radius 2 is 1.75 bits per heavy atom. The second-order valence-electron chi connectivity index (χ2n) is 6.99. The van der Waals surface area contributed by atoms with Crippen LogP contribution in [0.1, 0.15) is 43.6 Å². The molecule has 2 aliphatic carbocycles. The quantitative estimate of drug-likeness (QED) is 0.826. The summed E-state index contributed by atoms with van der Waals surface area (Å²) in [6.45, 7) is 0. The smallest absolute Gasteiger partial charge is 0.126 e. The Bertz CT molecular complexity index is 658. The first-order chi connectivity index (χ1) is 11.8. The van der Waals surface area contributed by atoms with Crippen LogP contribution in [0, 0.1) is 0 Å². The minimum absolute atomic E-state index is 0.546. The van der Waals surface area contributed by atoms with Crippen molar-refractivity contribution in [1.29, 1.82) is 0 Å². The molecular formula is C20H25N3O. The van der Waals surface area contributed by atoms with E-state index in [0.29, 0.717) is 18.0 Å². The second kappa shape index (κ2) is 6.71. The summed E-state index contributed by atoms with van der Waals surface area (Å²) in [5, 5.41) is 7.07. The first-order valence-electron chi connectivity index (χ1n) is 8.93. The van der Waals surface area contributed by atoms with Gasteiger partial charge in [-0.15, -0.1) is 0 Å². The molecule has 0 saturated heterocycles. The number of rotatable bonds is 6. The second-order valence-corrected chi connectivity index (χ2v) is 6.99. The summed E-state index contributed by atoms with van der Waals surface area (Å²) in [4.78, 5) is 4.52. The fourth-order valence-corrected chi connectivity index (χ4v) is 3.45. The van der Waals surface area contributed by atoms with E-state index in [1.807, 2.05) is 18.3 Å². The molecule has 0 unspecified atom stereocenters. The number of methoxy groups -OCH3 is 1. The molecule has 2 saturated carbocycles. The molecule has 1 aromatic carbocycles. The van der Waals surface area contributed by atoms with Crippen molar-refractivity contribution in [2.45, 2.75) is 50.1 Å². The van der Waals surface area contributed by atoms with E-state index >= 15 is 0 Å². The van der Waals surface area contributed by atoms with Crippen LogP contribution in [-0.2, 0) is 0 Å². The zero-order valence-electron chi connectivity index (χ0n) is 14.2. The van der Waals surface area contributed by atoms with E-state index in [-0.39, 0.29) is 0 Å². The van der Waals surface area contributed by atoms with Crippen LogP contribution in [0.5, 0.6) is 5.75 Å². The van der Waals surface area contributed by atoms with Gasteiger partial charge in [0.1, 0.15) is 11.6 Å². The lowest BCUT2D eigenvalue weighted by molar-refractivity contribution is 0.373. The normalized spacial score (nSPS) is 23.0. The molecular weight excluding hydrogens is 298 g/mol. The Balaban J connectivity index is 1.26. The molecule has 4 rings (SSSR count). The van der Waals surface area contributed by atoms with Gasteiger partial charge in [-0.3, -0.25) is 0 Å². The van der Waals surface area contributed by atoms with Crippen molar-refractivity contribution in [3.8, 4) is 5.75 Å². The van der Waals surface area contributed by atoms with Crippen LogP contribution in [-0.4, -0.2) is 24.2 Å². The lowest BCUT2D eigenvalue weighted by Crippen LogP contribution is -2.34. The Labute approximate surface area is 143 Å². The van der Waals surface area contributed by atoms with Gasteiger partial charge in [-0.1, -0.05) is 12.1 Å². The highest BCUT2D eigenvalue weighted by molar-refractivity contribution is 5.49. The molecule has 0 amide bonds. The highest BCUT2D eigenvalue weighted by Gasteiger charge is 2.30. The van der Waals surface area contributed by atoms with Crippen molar-refractivity contribution in [1.82, 2.24) is 4.98 Å². The molecule has 1 heterocycles. The van der Waals surface area contributed by atoms with Crippen molar-refractivity contribution in [3.05, 3.63) is 48.2 Å². The molecule has 2 fully saturated rings. The van der Waals surface area contributed by atoms with E-state index < -0.39 is 0 Å². The van der Waals surface area contributed by atoms with E-state index in [9.17, 15) is 0 Å².